The number of carboxylic acids is 1. The Morgan fingerprint density at radius 2 is 1.95 bits per heavy atom. The fourth-order valence-corrected chi connectivity index (χ4v) is 2.56. The smallest absolute Gasteiger partial charge is 0.315 e. The molecule has 0 heterocycles. The summed E-state index contributed by atoms with van der Waals surface area (Å²) >= 11 is 0. The summed E-state index contributed by atoms with van der Waals surface area (Å²) in [5, 5.41) is 14.5. The molecule has 6 nitrogen and oxygen atoms in total. The summed E-state index contributed by atoms with van der Waals surface area (Å²) in [6.07, 6.45) is 5.51. The van der Waals surface area contributed by atoms with Crippen molar-refractivity contribution in [2.24, 2.45) is 0 Å². The number of ether oxygens (including phenoxy) is 1. The highest BCUT2D eigenvalue weighted by Crippen LogP contribution is 2.32. The van der Waals surface area contributed by atoms with Crippen molar-refractivity contribution in [3.63, 3.8) is 0 Å². The molecule has 1 aliphatic rings. The van der Waals surface area contributed by atoms with E-state index in [1.165, 1.54) is 0 Å². The van der Waals surface area contributed by atoms with Gasteiger partial charge in [-0.3, -0.25) is 4.79 Å². The van der Waals surface area contributed by atoms with E-state index in [-0.39, 0.29) is 12.5 Å². The SMILES string of the molecule is CCCCOCCNC(=O)NC1(CC(=O)O)CCCC1. The molecule has 0 radical (unpaired) electrons. The molecular weight excluding hydrogens is 260 g/mol. The van der Waals surface area contributed by atoms with Gasteiger partial charge in [-0.15, -0.1) is 0 Å². The van der Waals surface area contributed by atoms with E-state index in [1.54, 1.807) is 0 Å². The van der Waals surface area contributed by atoms with Gasteiger partial charge in [-0.25, -0.2) is 4.79 Å². The van der Waals surface area contributed by atoms with Gasteiger partial charge in [0.05, 0.1) is 18.6 Å². The van der Waals surface area contributed by atoms with Gasteiger partial charge in [0, 0.05) is 13.2 Å². The first-order valence-corrected chi connectivity index (χ1v) is 7.43. The second-order valence-corrected chi connectivity index (χ2v) is 5.40. The maximum Gasteiger partial charge on any atom is 0.315 e. The zero-order valence-electron chi connectivity index (χ0n) is 12.2. The Morgan fingerprint density at radius 3 is 2.55 bits per heavy atom. The summed E-state index contributed by atoms with van der Waals surface area (Å²) in [5.41, 5.74) is -0.570. The fraction of sp³-hybridized carbons (Fsp3) is 0.857. The maximum absolute atomic E-state index is 11.8. The van der Waals surface area contributed by atoms with Gasteiger partial charge in [0.25, 0.3) is 0 Å². The van der Waals surface area contributed by atoms with E-state index in [9.17, 15) is 9.59 Å². The van der Waals surface area contributed by atoms with Crippen LogP contribution in [0.4, 0.5) is 4.79 Å². The number of unbranched alkanes of at least 4 members (excludes halogenated alkanes) is 1. The first kappa shape index (κ1) is 16.8. The minimum absolute atomic E-state index is 0.00653. The van der Waals surface area contributed by atoms with E-state index < -0.39 is 11.5 Å². The summed E-state index contributed by atoms with van der Waals surface area (Å²) in [7, 11) is 0. The van der Waals surface area contributed by atoms with Crippen molar-refractivity contribution in [2.45, 2.75) is 57.4 Å². The number of urea groups is 1. The largest absolute Gasteiger partial charge is 0.481 e. The van der Waals surface area contributed by atoms with Gasteiger partial charge in [-0.2, -0.15) is 0 Å². The van der Waals surface area contributed by atoms with Crippen LogP contribution in [-0.4, -0.2) is 42.4 Å². The van der Waals surface area contributed by atoms with E-state index in [4.69, 9.17) is 9.84 Å². The lowest BCUT2D eigenvalue weighted by Gasteiger charge is -2.28. The van der Waals surface area contributed by atoms with Crippen LogP contribution < -0.4 is 10.6 Å². The number of carbonyl (C=O) groups excluding carboxylic acids is 1. The van der Waals surface area contributed by atoms with Crippen molar-refractivity contribution in [1.82, 2.24) is 10.6 Å². The average Bonchev–Trinajstić information content (AvgIpc) is 2.80. The van der Waals surface area contributed by atoms with Gasteiger partial charge in [-0.1, -0.05) is 26.2 Å². The summed E-state index contributed by atoms with van der Waals surface area (Å²) in [4.78, 5) is 22.7. The highest BCUT2D eigenvalue weighted by Gasteiger charge is 2.37. The Balaban J connectivity index is 2.23. The fourth-order valence-electron chi connectivity index (χ4n) is 2.56. The van der Waals surface area contributed by atoms with Gasteiger partial charge in [0.2, 0.25) is 0 Å². The van der Waals surface area contributed by atoms with Crippen LogP contribution in [0.3, 0.4) is 0 Å². The van der Waals surface area contributed by atoms with Crippen molar-refractivity contribution >= 4 is 12.0 Å². The van der Waals surface area contributed by atoms with Crippen molar-refractivity contribution in [3.8, 4) is 0 Å². The second kappa shape index (κ2) is 8.79. The summed E-state index contributed by atoms with van der Waals surface area (Å²) in [5.74, 6) is -0.866. The van der Waals surface area contributed by atoms with Crippen LogP contribution in [0.2, 0.25) is 0 Å². The molecule has 1 fully saturated rings. The Morgan fingerprint density at radius 1 is 1.25 bits per heavy atom. The van der Waals surface area contributed by atoms with Gasteiger partial charge >= 0.3 is 12.0 Å². The van der Waals surface area contributed by atoms with E-state index in [1.807, 2.05) is 0 Å². The highest BCUT2D eigenvalue weighted by molar-refractivity contribution is 5.76. The zero-order chi connectivity index (χ0) is 14.8. The Kier molecular flexibility index (Phi) is 7.36. The molecule has 0 unspecified atom stereocenters. The molecule has 0 saturated heterocycles. The second-order valence-electron chi connectivity index (χ2n) is 5.40. The first-order valence-electron chi connectivity index (χ1n) is 7.43. The third kappa shape index (κ3) is 6.23. The maximum atomic E-state index is 11.8. The summed E-state index contributed by atoms with van der Waals surface area (Å²) in [6.45, 7) is 3.74. The molecule has 0 aromatic carbocycles. The summed E-state index contributed by atoms with van der Waals surface area (Å²) < 4.78 is 5.35. The Bertz CT molecular complexity index is 314. The lowest BCUT2D eigenvalue weighted by molar-refractivity contribution is -0.138. The minimum atomic E-state index is -0.866. The van der Waals surface area contributed by atoms with Gasteiger partial charge in [0.1, 0.15) is 0 Å². The van der Waals surface area contributed by atoms with Gasteiger partial charge in [-0.05, 0) is 19.3 Å². The lowest BCUT2D eigenvalue weighted by Crippen LogP contribution is -2.52. The van der Waals surface area contributed by atoms with E-state index in [0.29, 0.717) is 19.8 Å². The lowest BCUT2D eigenvalue weighted by atomic mass is 9.93. The number of hydrogen-bond acceptors (Lipinski definition) is 3. The molecule has 20 heavy (non-hydrogen) atoms. The van der Waals surface area contributed by atoms with Crippen LogP contribution in [0, 0.1) is 0 Å². The number of hydrogen-bond donors (Lipinski definition) is 3. The van der Waals surface area contributed by atoms with E-state index in [2.05, 4.69) is 17.6 Å². The molecule has 3 N–H and O–H groups in total. The topological polar surface area (TPSA) is 87.7 Å². The molecule has 1 aliphatic carbocycles. The van der Waals surface area contributed by atoms with Crippen LogP contribution in [0.1, 0.15) is 51.9 Å². The first-order chi connectivity index (χ1) is 9.58. The molecule has 1 rings (SSSR count). The van der Waals surface area contributed by atoms with E-state index >= 15 is 0 Å². The van der Waals surface area contributed by atoms with Crippen LogP contribution >= 0.6 is 0 Å². The third-order valence-electron chi connectivity index (χ3n) is 3.60. The van der Waals surface area contributed by atoms with Crippen molar-refractivity contribution in [1.29, 1.82) is 0 Å². The number of carbonyl (C=O) groups is 2. The summed E-state index contributed by atoms with van der Waals surface area (Å²) in [6, 6.07) is -0.299. The molecule has 6 heteroatoms. The molecule has 0 aliphatic heterocycles. The van der Waals surface area contributed by atoms with Crippen LogP contribution in [0.15, 0.2) is 0 Å². The zero-order valence-corrected chi connectivity index (χ0v) is 12.2. The molecule has 0 atom stereocenters. The van der Waals surface area contributed by atoms with Crippen molar-refractivity contribution in [3.05, 3.63) is 0 Å². The molecular formula is C14H26N2O4. The van der Waals surface area contributed by atoms with Crippen LogP contribution in [0.5, 0.6) is 0 Å². The molecule has 1 saturated carbocycles. The number of nitrogens with one attached hydrogen (secondary N) is 2. The standard InChI is InChI=1S/C14H26N2O4/c1-2-3-9-20-10-8-15-13(19)16-14(11-12(17)18)6-4-5-7-14/h2-11H2,1H3,(H,17,18)(H2,15,16,19). The third-order valence-corrected chi connectivity index (χ3v) is 3.60. The number of carboxylic acid groups (broad SMARTS) is 1. The molecule has 0 bridgehead atoms. The molecule has 116 valence electrons. The predicted octanol–water partition coefficient (Wildman–Crippen LogP) is 1.89. The molecule has 0 aromatic rings. The van der Waals surface area contributed by atoms with Crippen molar-refractivity contribution < 1.29 is 19.4 Å². The predicted molar refractivity (Wildman–Crippen MR) is 75.7 cm³/mol. The number of aliphatic carboxylic acids is 1. The van der Waals surface area contributed by atoms with Crippen LogP contribution in [0.25, 0.3) is 0 Å². The van der Waals surface area contributed by atoms with E-state index in [0.717, 1.165) is 38.5 Å². The molecule has 0 spiro atoms. The average molecular weight is 286 g/mol. The normalized spacial score (nSPS) is 16.9. The number of amides is 2. The van der Waals surface area contributed by atoms with Gasteiger partial charge < -0.3 is 20.5 Å². The van der Waals surface area contributed by atoms with Crippen LogP contribution in [-0.2, 0) is 9.53 Å². The minimum Gasteiger partial charge on any atom is -0.481 e. The molecule has 0 aromatic heterocycles. The van der Waals surface area contributed by atoms with Crippen molar-refractivity contribution in [2.75, 3.05) is 19.8 Å². The van der Waals surface area contributed by atoms with Gasteiger partial charge in [0.15, 0.2) is 0 Å². The molecule has 2 amide bonds. The highest BCUT2D eigenvalue weighted by atomic mass is 16.5. The Labute approximate surface area is 120 Å². The quantitative estimate of drug-likeness (QED) is 0.565. The Hall–Kier alpha value is -1.30. The monoisotopic (exact) mass is 286 g/mol. The number of rotatable bonds is 9.